The van der Waals surface area contributed by atoms with E-state index in [1.54, 1.807) is 24.3 Å². The molecule has 0 aliphatic carbocycles. The lowest BCUT2D eigenvalue weighted by Crippen LogP contribution is -2.17. The molecular formula is C14H14ClNO3S. The Bertz CT molecular complexity index is 586. The molecule has 1 saturated heterocycles. The van der Waals surface area contributed by atoms with Crippen LogP contribution in [0, 0.1) is 0 Å². The third-order valence-electron chi connectivity index (χ3n) is 2.80. The average Bonchev–Trinajstić information content (AvgIpc) is 2.71. The van der Waals surface area contributed by atoms with E-state index in [4.69, 9.17) is 16.3 Å². The maximum absolute atomic E-state index is 11.4. The van der Waals surface area contributed by atoms with E-state index in [0.717, 1.165) is 23.7 Å². The molecule has 1 aliphatic heterocycles. The first kappa shape index (κ1) is 14.9. The summed E-state index contributed by atoms with van der Waals surface area (Å²) in [6.45, 7) is 4.00. The fourth-order valence-corrected chi connectivity index (χ4v) is 2.49. The molecule has 6 heteroatoms. The number of benzene rings is 1. The number of halogens is 1. The Morgan fingerprint density at radius 2 is 2.20 bits per heavy atom. The first-order chi connectivity index (χ1) is 9.49. The van der Waals surface area contributed by atoms with Crippen LogP contribution in [0.2, 0.25) is 5.02 Å². The second-order valence-electron chi connectivity index (χ2n) is 4.38. The van der Waals surface area contributed by atoms with Gasteiger partial charge in [0.1, 0.15) is 5.75 Å². The van der Waals surface area contributed by atoms with Crippen molar-refractivity contribution in [3.05, 3.63) is 33.7 Å². The van der Waals surface area contributed by atoms with Crippen LogP contribution in [-0.4, -0.2) is 17.3 Å². The highest BCUT2D eigenvalue weighted by Gasteiger charge is 2.24. The van der Waals surface area contributed by atoms with E-state index < -0.39 is 0 Å². The third-order valence-corrected chi connectivity index (χ3v) is 3.90. The van der Waals surface area contributed by atoms with Crippen molar-refractivity contribution in [2.24, 2.45) is 0 Å². The molecule has 106 valence electrons. The number of carbonyl (C=O) groups excluding carboxylic acids is 2. The standard InChI is InChI=1S/C14H14ClNO3S/c1-3-8(2)19-11-5-4-9(6-10(11)15)7-12-13(17)16-14(18)20-12/h4-8H,3H2,1-2H3,(H,16,17,18)/b12-7+/t8-/m1/s1. The number of nitrogens with one attached hydrogen (secondary N) is 1. The lowest BCUT2D eigenvalue weighted by molar-refractivity contribution is -0.115. The minimum atomic E-state index is -0.379. The minimum absolute atomic E-state index is 0.0884. The van der Waals surface area contributed by atoms with Crippen LogP contribution < -0.4 is 10.1 Å². The average molecular weight is 312 g/mol. The predicted molar refractivity (Wildman–Crippen MR) is 80.9 cm³/mol. The van der Waals surface area contributed by atoms with Crippen LogP contribution in [0.5, 0.6) is 5.75 Å². The molecule has 1 heterocycles. The third kappa shape index (κ3) is 3.55. The van der Waals surface area contributed by atoms with Crippen molar-refractivity contribution >= 4 is 40.6 Å². The number of rotatable bonds is 4. The van der Waals surface area contributed by atoms with E-state index in [2.05, 4.69) is 5.32 Å². The highest BCUT2D eigenvalue weighted by molar-refractivity contribution is 8.18. The molecule has 2 rings (SSSR count). The van der Waals surface area contributed by atoms with E-state index in [-0.39, 0.29) is 17.3 Å². The lowest BCUT2D eigenvalue weighted by atomic mass is 10.2. The molecule has 2 amide bonds. The quantitative estimate of drug-likeness (QED) is 0.858. The van der Waals surface area contributed by atoms with Gasteiger partial charge in [0.15, 0.2) is 0 Å². The Labute approximate surface area is 126 Å². The maximum atomic E-state index is 11.4. The van der Waals surface area contributed by atoms with Crippen molar-refractivity contribution in [1.82, 2.24) is 5.32 Å². The summed E-state index contributed by atoms with van der Waals surface area (Å²) in [5, 5.41) is 2.33. The molecule has 0 radical (unpaired) electrons. The van der Waals surface area contributed by atoms with E-state index in [1.165, 1.54) is 0 Å². The summed E-state index contributed by atoms with van der Waals surface area (Å²) in [6, 6.07) is 5.27. The fraction of sp³-hybridized carbons (Fsp3) is 0.286. The summed E-state index contributed by atoms with van der Waals surface area (Å²) < 4.78 is 5.67. The molecule has 1 fully saturated rings. The van der Waals surface area contributed by atoms with Crippen LogP contribution in [0.1, 0.15) is 25.8 Å². The number of hydrogen-bond donors (Lipinski definition) is 1. The smallest absolute Gasteiger partial charge is 0.290 e. The lowest BCUT2D eigenvalue weighted by Gasteiger charge is -2.14. The van der Waals surface area contributed by atoms with Gasteiger partial charge in [-0.05, 0) is 48.9 Å². The van der Waals surface area contributed by atoms with Crippen LogP contribution in [0.3, 0.4) is 0 Å². The maximum Gasteiger partial charge on any atom is 0.290 e. The highest BCUT2D eigenvalue weighted by atomic mass is 35.5. The van der Waals surface area contributed by atoms with Crippen LogP contribution in [0.4, 0.5) is 4.79 Å². The summed E-state index contributed by atoms with van der Waals surface area (Å²) in [5.74, 6) is 0.235. The fourth-order valence-electron chi connectivity index (χ4n) is 1.57. The van der Waals surface area contributed by atoms with Gasteiger partial charge in [-0.25, -0.2) is 0 Å². The zero-order valence-corrected chi connectivity index (χ0v) is 12.7. The summed E-state index contributed by atoms with van der Waals surface area (Å²) in [7, 11) is 0. The SMILES string of the molecule is CC[C@@H](C)Oc1ccc(/C=C2/SC(=O)NC2=O)cc1Cl. The first-order valence-corrected chi connectivity index (χ1v) is 7.40. The van der Waals surface area contributed by atoms with Gasteiger partial charge in [-0.3, -0.25) is 14.9 Å². The second-order valence-corrected chi connectivity index (χ2v) is 5.80. The molecule has 1 atom stereocenters. The molecule has 4 nitrogen and oxygen atoms in total. The summed E-state index contributed by atoms with van der Waals surface area (Å²) >= 11 is 7.03. The molecule has 0 saturated carbocycles. The molecular weight excluding hydrogens is 298 g/mol. The van der Waals surface area contributed by atoms with Crippen LogP contribution in [0.15, 0.2) is 23.1 Å². The number of thioether (sulfide) groups is 1. The van der Waals surface area contributed by atoms with Crippen molar-refractivity contribution in [3.8, 4) is 5.75 Å². The monoisotopic (exact) mass is 311 g/mol. The summed E-state index contributed by atoms with van der Waals surface area (Å²) in [5.41, 5.74) is 0.749. The van der Waals surface area contributed by atoms with Gasteiger partial charge in [-0.15, -0.1) is 0 Å². The molecule has 0 spiro atoms. The first-order valence-electron chi connectivity index (χ1n) is 6.20. The van der Waals surface area contributed by atoms with E-state index in [0.29, 0.717) is 15.7 Å². The van der Waals surface area contributed by atoms with Crippen LogP contribution in [-0.2, 0) is 4.79 Å². The Morgan fingerprint density at radius 3 is 2.75 bits per heavy atom. The van der Waals surface area contributed by atoms with Gasteiger partial charge < -0.3 is 4.74 Å². The molecule has 1 aromatic rings. The largest absolute Gasteiger partial charge is 0.489 e. The van der Waals surface area contributed by atoms with Crippen molar-refractivity contribution < 1.29 is 14.3 Å². The van der Waals surface area contributed by atoms with E-state index in [1.807, 2.05) is 13.8 Å². The zero-order valence-electron chi connectivity index (χ0n) is 11.1. The van der Waals surface area contributed by atoms with E-state index in [9.17, 15) is 9.59 Å². The van der Waals surface area contributed by atoms with Crippen molar-refractivity contribution in [1.29, 1.82) is 0 Å². The van der Waals surface area contributed by atoms with Gasteiger partial charge >= 0.3 is 0 Å². The van der Waals surface area contributed by atoms with Gasteiger partial charge in [-0.1, -0.05) is 24.6 Å². The number of amides is 2. The van der Waals surface area contributed by atoms with Gasteiger partial charge in [0.25, 0.3) is 11.1 Å². The molecule has 0 aromatic heterocycles. The Morgan fingerprint density at radius 1 is 1.45 bits per heavy atom. The minimum Gasteiger partial charge on any atom is -0.489 e. The molecule has 1 aromatic carbocycles. The molecule has 1 aliphatic rings. The second kappa shape index (κ2) is 6.33. The number of ether oxygens (including phenoxy) is 1. The van der Waals surface area contributed by atoms with Crippen molar-refractivity contribution in [3.63, 3.8) is 0 Å². The van der Waals surface area contributed by atoms with Gasteiger partial charge in [0, 0.05) is 0 Å². The Balaban J connectivity index is 2.19. The van der Waals surface area contributed by atoms with Gasteiger partial charge in [0.05, 0.1) is 16.0 Å². The Kier molecular flexibility index (Phi) is 4.73. The van der Waals surface area contributed by atoms with Crippen LogP contribution >= 0.6 is 23.4 Å². The topological polar surface area (TPSA) is 55.4 Å². The van der Waals surface area contributed by atoms with Gasteiger partial charge in [-0.2, -0.15) is 0 Å². The molecule has 20 heavy (non-hydrogen) atoms. The summed E-state index contributed by atoms with van der Waals surface area (Å²) in [4.78, 5) is 22.9. The molecule has 0 unspecified atom stereocenters. The molecule has 0 bridgehead atoms. The zero-order chi connectivity index (χ0) is 14.7. The summed E-state index contributed by atoms with van der Waals surface area (Å²) in [6.07, 6.45) is 2.61. The number of carbonyl (C=O) groups is 2. The molecule has 1 N–H and O–H groups in total. The van der Waals surface area contributed by atoms with Crippen molar-refractivity contribution in [2.45, 2.75) is 26.4 Å². The number of hydrogen-bond acceptors (Lipinski definition) is 4. The van der Waals surface area contributed by atoms with Crippen molar-refractivity contribution in [2.75, 3.05) is 0 Å². The predicted octanol–water partition coefficient (Wildman–Crippen LogP) is 3.84. The normalized spacial score (nSPS) is 18.2. The highest BCUT2D eigenvalue weighted by Crippen LogP contribution is 2.30. The van der Waals surface area contributed by atoms with Gasteiger partial charge in [0.2, 0.25) is 0 Å². The number of imide groups is 1. The Hall–Kier alpha value is -1.46. The van der Waals surface area contributed by atoms with Crippen LogP contribution in [0.25, 0.3) is 6.08 Å². The van der Waals surface area contributed by atoms with E-state index >= 15 is 0 Å².